The van der Waals surface area contributed by atoms with Gasteiger partial charge in [0.1, 0.15) is 0 Å². The van der Waals surface area contributed by atoms with Crippen molar-refractivity contribution >= 4 is 53.1 Å². The molecule has 0 fully saturated rings. The first-order valence-corrected chi connectivity index (χ1v) is 15.5. The van der Waals surface area contributed by atoms with E-state index in [1.54, 1.807) is 0 Å². The van der Waals surface area contributed by atoms with Gasteiger partial charge in [0.2, 0.25) is 0 Å². The molecule has 0 radical (unpaired) electrons. The van der Waals surface area contributed by atoms with E-state index in [1.807, 2.05) is 11.3 Å². The molecule has 1 heterocycles. The third kappa shape index (κ3) is 3.35. The third-order valence-electron chi connectivity index (χ3n) is 9.47. The zero-order valence-corrected chi connectivity index (χ0v) is 24.4. The van der Waals surface area contributed by atoms with Crippen LogP contribution in [0.2, 0.25) is 0 Å². The smallest absolute Gasteiger partial charge is 0.0433 e. The Morgan fingerprint density at radius 1 is 0.429 bits per heavy atom. The number of fused-ring (bicyclic) bond motifs is 9. The van der Waals surface area contributed by atoms with E-state index in [9.17, 15) is 0 Å². The van der Waals surface area contributed by atoms with Gasteiger partial charge in [-0.2, -0.15) is 0 Å². The molecule has 7 aromatic carbocycles. The van der Waals surface area contributed by atoms with Gasteiger partial charge >= 0.3 is 0 Å². The Morgan fingerprint density at radius 3 is 1.86 bits per heavy atom. The summed E-state index contributed by atoms with van der Waals surface area (Å²) in [6, 6.07) is 49.8. The van der Waals surface area contributed by atoms with E-state index >= 15 is 0 Å². The highest BCUT2D eigenvalue weighted by Gasteiger charge is 2.36. The van der Waals surface area contributed by atoms with Crippen LogP contribution in [0.1, 0.15) is 25.0 Å². The maximum Gasteiger partial charge on any atom is 0.0433 e. The van der Waals surface area contributed by atoms with Crippen molar-refractivity contribution in [2.24, 2.45) is 0 Å². The van der Waals surface area contributed by atoms with Crippen molar-refractivity contribution in [1.29, 1.82) is 0 Å². The summed E-state index contributed by atoms with van der Waals surface area (Å²) in [6.07, 6.45) is 0. The van der Waals surface area contributed by atoms with Crippen LogP contribution in [0.25, 0.3) is 75.1 Å². The Morgan fingerprint density at radius 2 is 1.02 bits per heavy atom. The summed E-state index contributed by atoms with van der Waals surface area (Å²) < 4.78 is 2.72. The molecular weight excluding hydrogens is 525 g/mol. The van der Waals surface area contributed by atoms with Crippen molar-refractivity contribution in [3.63, 3.8) is 0 Å². The van der Waals surface area contributed by atoms with E-state index in [0.717, 1.165) is 0 Å². The van der Waals surface area contributed by atoms with Gasteiger partial charge in [-0.3, -0.25) is 0 Å². The summed E-state index contributed by atoms with van der Waals surface area (Å²) in [5, 5.41) is 7.90. The molecule has 8 aromatic rings. The zero-order valence-electron chi connectivity index (χ0n) is 23.6. The van der Waals surface area contributed by atoms with Crippen LogP contribution in [0.15, 0.2) is 133 Å². The lowest BCUT2D eigenvalue weighted by atomic mass is 9.80. The average Bonchev–Trinajstić information content (AvgIpc) is 3.52. The predicted molar refractivity (Wildman–Crippen MR) is 183 cm³/mol. The van der Waals surface area contributed by atoms with Gasteiger partial charge in [-0.25, -0.2) is 0 Å². The molecule has 0 spiro atoms. The van der Waals surface area contributed by atoms with Gasteiger partial charge in [0.25, 0.3) is 0 Å². The summed E-state index contributed by atoms with van der Waals surface area (Å²) in [4.78, 5) is 0. The third-order valence-corrected chi connectivity index (χ3v) is 10.7. The number of benzene rings is 7. The van der Waals surface area contributed by atoms with Gasteiger partial charge in [0, 0.05) is 25.6 Å². The molecule has 1 aromatic heterocycles. The normalized spacial score (nSPS) is 13.7. The minimum absolute atomic E-state index is 0.0890. The fourth-order valence-electron chi connectivity index (χ4n) is 7.24. The lowest BCUT2D eigenvalue weighted by Crippen LogP contribution is -2.15. The quantitative estimate of drug-likeness (QED) is 0.187. The second-order valence-corrected chi connectivity index (χ2v) is 13.2. The fraction of sp³-hybridized carbons (Fsp3) is 0.0732. The summed E-state index contributed by atoms with van der Waals surface area (Å²) in [7, 11) is 0. The van der Waals surface area contributed by atoms with Crippen molar-refractivity contribution in [1.82, 2.24) is 0 Å². The predicted octanol–water partition coefficient (Wildman–Crippen LogP) is 12.0. The van der Waals surface area contributed by atoms with E-state index in [1.165, 1.54) is 86.2 Å². The first kappa shape index (κ1) is 23.9. The van der Waals surface area contributed by atoms with Crippen LogP contribution in [0.5, 0.6) is 0 Å². The highest BCUT2D eigenvalue weighted by Crippen LogP contribution is 2.51. The summed E-state index contributed by atoms with van der Waals surface area (Å²) in [5.41, 5.74) is 10.6. The first-order valence-electron chi connectivity index (χ1n) is 14.7. The van der Waals surface area contributed by atoms with Gasteiger partial charge < -0.3 is 0 Å². The average molecular weight is 553 g/mol. The van der Waals surface area contributed by atoms with E-state index in [4.69, 9.17) is 0 Å². The molecule has 0 unspecified atom stereocenters. The van der Waals surface area contributed by atoms with Crippen LogP contribution < -0.4 is 0 Å². The lowest BCUT2D eigenvalue weighted by molar-refractivity contribution is 0.661. The standard InChI is InChI=1S/C41H28S/c1-41(2)37-23-28(27-17-16-26-15-14-25-8-3-4-9-30(25)36(26)22-27)18-20-32(37)33-21-19-29(24-38(33)41)31-11-7-12-35-34-10-5-6-13-39(34)42-40(31)35/h3-24H,1-2H3. The van der Waals surface area contributed by atoms with Crippen molar-refractivity contribution in [2.45, 2.75) is 19.3 Å². The van der Waals surface area contributed by atoms with E-state index < -0.39 is 0 Å². The molecule has 42 heavy (non-hydrogen) atoms. The summed E-state index contributed by atoms with van der Waals surface area (Å²) in [6.45, 7) is 4.78. The van der Waals surface area contributed by atoms with Crippen LogP contribution in [0.4, 0.5) is 0 Å². The molecule has 1 heteroatoms. The van der Waals surface area contributed by atoms with Crippen LogP contribution in [0.3, 0.4) is 0 Å². The van der Waals surface area contributed by atoms with Gasteiger partial charge in [0.15, 0.2) is 0 Å². The maximum absolute atomic E-state index is 2.45. The molecule has 0 atom stereocenters. The zero-order chi connectivity index (χ0) is 28.0. The lowest BCUT2D eigenvalue weighted by Gasteiger charge is -2.23. The van der Waals surface area contributed by atoms with E-state index in [0.29, 0.717) is 0 Å². The van der Waals surface area contributed by atoms with Gasteiger partial charge in [-0.1, -0.05) is 123 Å². The number of hydrogen-bond acceptors (Lipinski definition) is 1. The number of rotatable bonds is 2. The second kappa shape index (κ2) is 8.64. The van der Waals surface area contributed by atoms with Crippen molar-refractivity contribution in [2.75, 3.05) is 0 Å². The topological polar surface area (TPSA) is 0 Å². The van der Waals surface area contributed by atoms with Gasteiger partial charge in [0.05, 0.1) is 0 Å². The van der Waals surface area contributed by atoms with Crippen LogP contribution in [-0.4, -0.2) is 0 Å². The summed E-state index contributed by atoms with van der Waals surface area (Å²) in [5.74, 6) is 0. The Hall–Kier alpha value is -4.72. The second-order valence-electron chi connectivity index (χ2n) is 12.1. The highest BCUT2D eigenvalue weighted by molar-refractivity contribution is 7.26. The minimum Gasteiger partial charge on any atom is -0.135 e. The highest BCUT2D eigenvalue weighted by atomic mass is 32.1. The van der Waals surface area contributed by atoms with Crippen LogP contribution >= 0.6 is 11.3 Å². The SMILES string of the molecule is CC1(C)c2cc(-c3ccc4ccc5ccccc5c4c3)ccc2-c2ccc(-c3cccc4c3sc3ccccc34)cc21. The molecular formula is C41H28S. The van der Waals surface area contributed by atoms with Crippen LogP contribution in [0, 0.1) is 0 Å². The number of hydrogen-bond donors (Lipinski definition) is 0. The maximum atomic E-state index is 2.45. The molecule has 0 amide bonds. The first-order chi connectivity index (χ1) is 20.6. The number of thiophene rings is 1. The Kier molecular flexibility index (Phi) is 4.93. The molecule has 198 valence electrons. The van der Waals surface area contributed by atoms with Crippen molar-refractivity contribution in [3.05, 3.63) is 145 Å². The van der Waals surface area contributed by atoms with Crippen molar-refractivity contribution < 1.29 is 0 Å². The molecule has 0 bridgehead atoms. The Labute approximate surface area is 249 Å². The molecule has 0 aliphatic heterocycles. The van der Waals surface area contributed by atoms with Gasteiger partial charge in [-0.15, -0.1) is 11.3 Å². The molecule has 0 nitrogen and oxygen atoms in total. The Bertz CT molecular complexity index is 2380. The minimum atomic E-state index is -0.0890. The van der Waals surface area contributed by atoms with E-state index in [2.05, 4.69) is 147 Å². The molecule has 0 N–H and O–H groups in total. The molecule has 1 aliphatic rings. The fourth-order valence-corrected chi connectivity index (χ4v) is 8.48. The van der Waals surface area contributed by atoms with Gasteiger partial charge in [-0.05, 0) is 90.3 Å². The Balaban J connectivity index is 1.17. The van der Waals surface area contributed by atoms with E-state index in [-0.39, 0.29) is 5.41 Å². The molecule has 0 saturated carbocycles. The van der Waals surface area contributed by atoms with Crippen LogP contribution in [-0.2, 0) is 5.41 Å². The largest absolute Gasteiger partial charge is 0.135 e. The summed E-state index contributed by atoms with van der Waals surface area (Å²) >= 11 is 1.90. The monoisotopic (exact) mass is 552 g/mol. The molecule has 9 rings (SSSR count). The molecule has 1 aliphatic carbocycles. The molecule has 0 saturated heterocycles. The van der Waals surface area contributed by atoms with Crippen molar-refractivity contribution in [3.8, 4) is 33.4 Å².